The number of nitrogens with one attached hydrogen (secondary N) is 1. The molecule has 6 nitrogen and oxygen atoms in total. The molecule has 0 amide bonds. The monoisotopic (exact) mass is 266 g/mol. The SMILES string of the molecule is CCNC(Cc1nnn(C)n1)c1ncccc1Cl. The Kier molecular flexibility index (Phi) is 4.22. The van der Waals surface area contributed by atoms with Crippen molar-refractivity contribution in [3.05, 3.63) is 34.9 Å². The molecule has 0 aliphatic rings. The second-order valence-electron chi connectivity index (χ2n) is 3.88. The van der Waals surface area contributed by atoms with Crippen LogP contribution in [0.1, 0.15) is 24.5 Å². The normalized spacial score (nSPS) is 12.6. The number of rotatable bonds is 5. The summed E-state index contributed by atoms with van der Waals surface area (Å²) in [6, 6.07) is 3.64. The molecule has 0 spiro atoms. The molecule has 2 aromatic rings. The number of hydrogen-bond donors (Lipinski definition) is 1. The fourth-order valence-corrected chi connectivity index (χ4v) is 2.01. The molecule has 1 atom stereocenters. The lowest BCUT2D eigenvalue weighted by Gasteiger charge is -2.16. The predicted molar refractivity (Wildman–Crippen MR) is 68.2 cm³/mol. The fourth-order valence-electron chi connectivity index (χ4n) is 1.75. The number of tetrazole rings is 1. The molecule has 1 unspecified atom stereocenters. The van der Waals surface area contributed by atoms with E-state index in [0.29, 0.717) is 17.3 Å². The van der Waals surface area contributed by atoms with Gasteiger partial charge >= 0.3 is 0 Å². The molecule has 0 aliphatic heterocycles. The van der Waals surface area contributed by atoms with Crippen LogP contribution in [0.2, 0.25) is 5.02 Å². The van der Waals surface area contributed by atoms with E-state index >= 15 is 0 Å². The number of hydrogen-bond acceptors (Lipinski definition) is 5. The molecule has 18 heavy (non-hydrogen) atoms. The zero-order valence-corrected chi connectivity index (χ0v) is 11.1. The summed E-state index contributed by atoms with van der Waals surface area (Å²) in [6.07, 6.45) is 2.34. The molecular formula is C11H15ClN6. The van der Waals surface area contributed by atoms with E-state index in [4.69, 9.17) is 11.6 Å². The largest absolute Gasteiger partial charge is 0.308 e. The van der Waals surface area contributed by atoms with E-state index in [9.17, 15) is 0 Å². The van der Waals surface area contributed by atoms with Crippen molar-refractivity contribution in [3.63, 3.8) is 0 Å². The zero-order valence-electron chi connectivity index (χ0n) is 10.3. The number of likely N-dealkylation sites (N-methyl/N-ethyl adjacent to an activating group) is 1. The van der Waals surface area contributed by atoms with Crippen molar-refractivity contribution in [2.24, 2.45) is 7.05 Å². The fraction of sp³-hybridized carbons (Fsp3) is 0.455. The van der Waals surface area contributed by atoms with Gasteiger partial charge in [-0.25, -0.2) is 0 Å². The molecular weight excluding hydrogens is 252 g/mol. The van der Waals surface area contributed by atoms with Gasteiger partial charge in [0.25, 0.3) is 0 Å². The summed E-state index contributed by atoms with van der Waals surface area (Å²) in [5, 5.41) is 16.0. The molecule has 2 rings (SSSR count). The lowest BCUT2D eigenvalue weighted by Crippen LogP contribution is -2.24. The standard InChI is InChI=1S/C11H15ClN6/c1-3-13-9(7-10-15-17-18(2)16-10)11-8(12)5-4-6-14-11/h4-6,9,13H,3,7H2,1-2H3. The average molecular weight is 267 g/mol. The van der Waals surface area contributed by atoms with Crippen molar-refractivity contribution in [2.75, 3.05) is 6.54 Å². The first-order valence-electron chi connectivity index (χ1n) is 5.77. The van der Waals surface area contributed by atoms with Gasteiger partial charge in [0.05, 0.1) is 23.8 Å². The molecule has 0 bridgehead atoms. The van der Waals surface area contributed by atoms with E-state index in [0.717, 1.165) is 12.2 Å². The van der Waals surface area contributed by atoms with Crippen molar-refractivity contribution in [1.29, 1.82) is 0 Å². The number of aryl methyl sites for hydroxylation is 1. The van der Waals surface area contributed by atoms with Crippen LogP contribution in [-0.4, -0.2) is 31.7 Å². The molecule has 2 heterocycles. The summed E-state index contributed by atoms with van der Waals surface area (Å²) >= 11 is 6.16. The Morgan fingerprint density at radius 1 is 1.50 bits per heavy atom. The highest BCUT2D eigenvalue weighted by molar-refractivity contribution is 6.31. The Hall–Kier alpha value is -1.53. The van der Waals surface area contributed by atoms with Gasteiger partial charge in [0.1, 0.15) is 0 Å². The lowest BCUT2D eigenvalue weighted by molar-refractivity contribution is 0.523. The van der Waals surface area contributed by atoms with Gasteiger partial charge in [-0.1, -0.05) is 18.5 Å². The third-order valence-electron chi connectivity index (χ3n) is 2.50. The Balaban J connectivity index is 2.20. The number of pyridine rings is 1. The first-order chi connectivity index (χ1) is 8.70. The van der Waals surface area contributed by atoms with Gasteiger partial charge in [0.15, 0.2) is 5.82 Å². The highest BCUT2D eigenvalue weighted by atomic mass is 35.5. The van der Waals surface area contributed by atoms with Crippen molar-refractivity contribution in [2.45, 2.75) is 19.4 Å². The molecule has 0 radical (unpaired) electrons. The molecule has 0 fully saturated rings. The van der Waals surface area contributed by atoms with Crippen molar-refractivity contribution < 1.29 is 0 Å². The van der Waals surface area contributed by atoms with Crippen LogP contribution in [-0.2, 0) is 13.5 Å². The maximum absolute atomic E-state index is 6.16. The van der Waals surface area contributed by atoms with Gasteiger partial charge in [0.2, 0.25) is 0 Å². The average Bonchev–Trinajstić information content (AvgIpc) is 2.75. The summed E-state index contributed by atoms with van der Waals surface area (Å²) in [5.74, 6) is 0.671. The summed E-state index contributed by atoms with van der Waals surface area (Å²) in [6.45, 7) is 2.85. The van der Waals surface area contributed by atoms with Crippen LogP contribution in [0.3, 0.4) is 0 Å². The first-order valence-corrected chi connectivity index (χ1v) is 6.15. The van der Waals surface area contributed by atoms with E-state index < -0.39 is 0 Å². The number of nitrogens with zero attached hydrogens (tertiary/aromatic N) is 5. The molecule has 0 saturated carbocycles. The summed E-state index contributed by atoms with van der Waals surface area (Å²) in [7, 11) is 1.74. The summed E-state index contributed by atoms with van der Waals surface area (Å²) < 4.78 is 0. The number of aromatic nitrogens is 5. The molecule has 1 N–H and O–H groups in total. The van der Waals surface area contributed by atoms with Crippen molar-refractivity contribution in [3.8, 4) is 0 Å². The lowest BCUT2D eigenvalue weighted by atomic mass is 10.1. The van der Waals surface area contributed by atoms with Gasteiger partial charge < -0.3 is 5.32 Å². The topological polar surface area (TPSA) is 68.5 Å². The van der Waals surface area contributed by atoms with E-state index in [2.05, 4.69) is 25.7 Å². The van der Waals surface area contributed by atoms with Gasteiger partial charge in [-0.3, -0.25) is 4.98 Å². The highest BCUT2D eigenvalue weighted by Gasteiger charge is 2.18. The third-order valence-corrected chi connectivity index (χ3v) is 2.82. The van der Waals surface area contributed by atoms with Gasteiger partial charge in [-0.2, -0.15) is 4.80 Å². The molecule has 7 heteroatoms. The highest BCUT2D eigenvalue weighted by Crippen LogP contribution is 2.22. The molecule has 0 saturated heterocycles. The van der Waals surface area contributed by atoms with E-state index in [1.807, 2.05) is 19.1 Å². The van der Waals surface area contributed by atoms with Crippen LogP contribution in [0.15, 0.2) is 18.3 Å². The predicted octanol–water partition coefficient (Wildman–Crippen LogP) is 1.15. The Morgan fingerprint density at radius 2 is 2.33 bits per heavy atom. The van der Waals surface area contributed by atoms with Gasteiger partial charge in [-0.15, -0.1) is 10.2 Å². The zero-order chi connectivity index (χ0) is 13.0. The third kappa shape index (κ3) is 3.02. The van der Waals surface area contributed by atoms with Crippen LogP contribution in [0.5, 0.6) is 0 Å². The van der Waals surface area contributed by atoms with Crippen molar-refractivity contribution >= 4 is 11.6 Å². The minimum atomic E-state index is -0.00657. The smallest absolute Gasteiger partial charge is 0.176 e. The number of halogens is 1. The van der Waals surface area contributed by atoms with Crippen LogP contribution in [0, 0.1) is 0 Å². The summed E-state index contributed by atoms with van der Waals surface area (Å²) in [4.78, 5) is 5.77. The maximum atomic E-state index is 6.16. The Bertz CT molecular complexity index is 512. The Labute approximate surface area is 110 Å². The molecule has 0 aromatic carbocycles. The van der Waals surface area contributed by atoms with Crippen LogP contribution in [0.25, 0.3) is 0 Å². The van der Waals surface area contributed by atoms with Crippen molar-refractivity contribution in [1.82, 2.24) is 30.5 Å². The minimum Gasteiger partial charge on any atom is -0.308 e. The minimum absolute atomic E-state index is 0.00657. The summed E-state index contributed by atoms with van der Waals surface area (Å²) in [5.41, 5.74) is 0.813. The maximum Gasteiger partial charge on any atom is 0.176 e. The van der Waals surface area contributed by atoms with Gasteiger partial charge in [-0.05, 0) is 23.9 Å². The molecule has 2 aromatic heterocycles. The van der Waals surface area contributed by atoms with E-state index in [1.165, 1.54) is 4.80 Å². The molecule has 96 valence electrons. The Morgan fingerprint density at radius 3 is 2.94 bits per heavy atom. The second-order valence-corrected chi connectivity index (χ2v) is 4.29. The molecule has 0 aliphatic carbocycles. The second kappa shape index (κ2) is 5.88. The van der Waals surface area contributed by atoms with Gasteiger partial charge in [0, 0.05) is 12.6 Å². The van der Waals surface area contributed by atoms with Crippen LogP contribution < -0.4 is 5.32 Å². The first kappa shape index (κ1) is 12.9. The van der Waals surface area contributed by atoms with Crippen LogP contribution in [0.4, 0.5) is 0 Å². The quantitative estimate of drug-likeness (QED) is 0.879. The van der Waals surface area contributed by atoms with E-state index in [1.54, 1.807) is 13.2 Å². The van der Waals surface area contributed by atoms with Crippen LogP contribution >= 0.6 is 11.6 Å². The van der Waals surface area contributed by atoms with E-state index in [-0.39, 0.29) is 6.04 Å².